The van der Waals surface area contributed by atoms with Gasteiger partial charge in [0, 0.05) is 9.66 Å². The zero-order valence-corrected chi connectivity index (χ0v) is 10.5. The van der Waals surface area contributed by atoms with Gasteiger partial charge in [-0.05, 0) is 43.4 Å². The smallest absolute Gasteiger partial charge is 0.417 e. The van der Waals surface area contributed by atoms with Crippen LogP contribution >= 0.6 is 22.6 Å². The van der Waals surface area contributed by atoms with Crippen LogP contribution in [0, 0.1) is 0 Å². The van der Waals surface area contributed by atoms with Crippen LogP contribution < -0.4 is 0 Å². The minimum atomic E-state index is -0.578. The van der Waals surface area contributed by atoms with E-state index in [1.807, 2.05) is 22.6 Å². The number of halogens is 1. The number of carbonyl (C=O) groups excluding carboxylic acids is 2. The lowest BCUT2D eigenvalue weighted by Crippen LogP contribution is -2.37. The fourth-order valence-electron chi connectivity index (χ4n) is 0.958. The molecule has 0 aromatic rings. The van der Waals surface area contributed by atoms with Crippen molar-refractivity contribution in [3.05, 3.63) is 9.66 Å². The second kappa shape index (κ2) is 3.88. The molecule has 0 fully saturated rings. The zero-order chi connectivity index (χ0) is 10.9. The van der Waals surface area contributed by atoms with Gasteiger partial charge in [-0.15, -0.1) is 0 Å². The van der Waals surface area contributed by atoms with Crippen molar-refractivity contribution < 1.29 is 14.3 Å². The summed E-state index contributed by atoms with van der Waals surface area (Å²) in [6.07, 6.45) is 0.857. The molecular weight excluding hydrogens is 297 g/mol. The van der Waals surface area contributed by atoms with Crippen molar-refractivity contribution in [3.63, 3.8) is 0 Å². The number of rotatable bonds is 0. The quantitative estimate of drug-likeness (QED) is 0.644. The molecule has 0 aromatic carbocycles. The van der Waals surface area contributed by atoms with Crippen LogP contribution in [0.15, 0.2) is 9.66 Å². The van der Waals surface area contributed by atoms with Crippen LogP contribution in [0.4, 0.5) is 4.79 Å². The van der Waals surface area contributed by atoms with Gasteiger partial charge in [0.05, 0.1) is 6.54 Å². The maximum Gasteiger partial charge on any atom is 0.417 e. The minimum absolute atomic E-state index is 0.302. The van der Waals surface area contributed by atoms with Crippen LogP contribution in [0.2, 0.25) is 0 Å². The number of nitrogens with zero attached hydrogens (tertiary/aromatic N) is 1. The molecule has 1 rings (SSSR count). The molecule has 0 unspecified atom stereocenters. The molecule has 0 aliphatic carbocycles. The largest absolute Gasteiger partial charge is 0.443 e. The summed E-state index contributed by atoms with van der Waals surface area (Å²) in [6, 6.07) is 0. The van der Waals surface area contributed by atoms with Crippen molar-refractivity contribution in [2.24, 2.45) is 0 Å². The Morgan fingerprint density at radius 2 is 2.14 bits per heavy atom. The monoisotopic (exact) mass is 309 g/mol. The maximum atomic E-state index is 11.5. The van der Waals surface area contributed by atoms with Crippen molar-refractivity contribution in [1.29, 1.82) is 0 Å². The van der Waals surface area contributed by atoms with Gasteiger partial charge in [0.25, 0.3) is 5.91 Å². The predicted octanol–water partition coefficient (Wildman–Crippen LogP) is 2.08. The van der Waals surface area contributed by atoms with Crippen molar-refractivity contribution in [3.8, 4) is 0 Å². The normalized spacial score (nSPS) is 17.0. The average molecular weight is 309 g/mol. The van der Waals surface area contributed by atoms with E-state index in [-0.39, 0.29) is 5.91 Å². The molecule has 0 spiro atoms. The second-order valence-electron chi connectivity index (χ2n) is 4.00. The summed E-state index contributed by atoms with van der Waals surface area (Å²) >= 11 is 2.02. The highest BCUT2D eigenvalue weighted by Crippen LogP contribution is 2.19. The highest BCUT2D eigenvalue weighted by atomic mass is 127. The number of carbonyl (C=O) groups is 2. The first-order chi connectivity index (χ1) is 6.29. The molecular formula is C9H12INO3. The Morgan fingerprint density at radius 3 is 2.50 bits per heavy atom. The van der Waals surface area contributed by atoms with Crippen molar-refractivity contribution in [2.75, 3.05) is 6.54 Å². The number of ether oxygens (including phenoxy) is 1. The molecule has 0 saturated heterocycles. The molecule has 1 aliphatic heterocycles. The van der Waals surface area contributed by atoms with Gasteiger partial charge in [-0.1, -0.05) is 0 Å². The third kappa shape index (κ3) is 2.97. The van der Waals surface area contributed by atoms with Gasteiger partial charge in [0.2, 0.25) is 0 Å². The summed E-state index contributed by atoms with van der Waals surface area (Å²) in [5.74, 6) is -0.302. The van der Waals surface area contributed by atoms with Gasteiger partial charge in [-0.3, -0.25) is 4.79 Å². The Hall–Kier alpha value is -0.590. The van der Waals surface area contributed by atoms with Crippen molar-refractivity contribution >= 4 is 34.6 Å². The number of imide groups is 1. The standard InChI is InChI=1S/C9H12INO3/c1-9(2,3)14-8(13)11-5-6(10)4-7(11)12/h4H,5H2,1-3H3. The van der Waals surface area contributed by atoms with E-state index in [0.717, 1.165) is 8.48 Å². The van der Waals surface area contributed by atoms with Crippen LogP contribution in [0.25, 0.3) is 0 Å². The highest BCUT2D eigenvalue weighted by molar-refractivity contribution is 14.1. The first kappa shape index (κ1) is 11.5. The van der Waals surface area contributed by atoms with E-state index in [2.05, 4.69) is 0 Å². The van der Waals surface area contributed by atoms with E-state index >= 15 is 0 Å². The summed E-state index contributed by atoms with van der Waals surface area (Å²) in [6.45, 7) is 5.63. The molecule has 0 aromatic heterocycles. The lowest BCUT2D eigenvalue weighted by atomic mass is 10.2. The third-order valence-electron chi connectivity index (χ3n) is 1.47. The van der Waals surface area contributed by atoms with Crippen LogP contribution in [0.1, 0.15) is 20.8 Å². The predicted molar refractivity (Wildman–Crippen MR) is 60.1 cm³/mol. The Morgan fingerprint density at radius 1 is 1.57 bits per heavy atom. The SMILES string of the molecule is CC(C)(C)OC(=O)N1CC(I)=CC1=O. The molecule has 1 heterocycles. The molecule has 0 radical (unpaired) electrons. The van der Waals surface area contributed by atoms with E-state index in [9.17, 15) is 9.59 Å². The molecule has 78 valence electrons. The summed E-state index contributed by atoms with van der Waals surface area (Å²) in [4.78, 5) is 23.8. The average Bonchev–Trinajstić information content (AvgIpc) is 2.26. The summed E-state index contributed by atoms with van der Waals surface area (Å²) < 4.78 is 5.92. The summed E-state index contributed by atoms with van der Waals surface area (Å²) in [7, 11) is 0. The molecule has 0 atom stereocenters. The fraction of sp³-hybridized carbons (Fsp3) is 0.556. The van der Waals surface area contributed by atoms with Gasteiger partial charge in [0.15, 0.2) is 0 Å². The van der Waals surface area contributed by atoms with Crippen LogP contribution in [0.3, 0.4) is 0 Å². The molecule has 4 nitrogen and oxygen atoms in total. The number of hydrogen-bond acceptors (Lipinski definition) is 3. The molecule has 1 aliphatic rings. The minimum Gasteiger partial charge on any atom is -0.443 e. The van der Waals surface area contributed by atoms with Crippen LogP contribution in [-0.2, 0) is 9.53 Å². The molecule has 0 saturated carbocycles. The van der Waals surface area contributed by atoms with E-state index in [1.165, 1.54) is 6.08 Å². The first-order valence-electron chi connectivity index (χ1n) is 4.20. The molecule has 0 bridgehead atoms. The number of amides is 2. The van der Waals surface area contributed by atoms with E-state index < -0.39 is 11.7 Å². The Kier molecular flexibility index (Phi) is 3.18. The third-order valence-corrected chi connectivity index (χ3v) is 2.12. The summed E-state index contributed by atoms with van der Waals surface area (Å²) in [5.41, 5.74) is -0.564. The van der Waals surface area contributed by atoms with Gasteiger partial charge in [-0.25, -0.2) is 9.69 Å². The van der Waals surface area contributed by atoms with Crippen LogP contribution in [0.5, 0.6) is 0 Å². The lowest BCUT2D eigenvalue weighted by molar-refractivity contribution is -0.123. The van der Waals surface area contributed by atoms with Gasteiger partial charge in [0.1, 0.15) is 5.60 Å². The molecule has 0 N–H and O–H groups in total. The first-order valence-corrected chi connectivity index (χ1v) is 5.28. The number of hydrogen-bond donors (Lipinski definition) is 0. The second-order valence-corrected chi connectivity index (χ2v) is 5.38. The molecule has 5 heteroatoms. The lowest BCUT2D eigenvalue weighted by Gasteiger charge is -2.23. The van der Waals surface area contributed by atoms with Crippen LogP contribution in [-0.4, -0.2) is 29.0 Å². The van der Waals surface area contributed by atoms with Crippen molar-refractivity contribution in [2.45, 2.75) is 26.4 Å². The molecule has 2 amide bonds. The van der Waals surface area contributed by atoms with Crippen molar-refractivity contribution in [1.82, 2.24) is 4.90 Å². The summed E-state index contributed by atoms with van der Waals surface area (Å²) in [5, 5.41) is 0. The van der Waals surface area contributed by atoms with E-state index in [0.29, 0.717) is 6.54 Å². The van der Waals surface area contributed by atoms with E-state index in [1.54, 1.807) is 20.8 Å². The highest BCUT2D eigenvalue weighted by Gasteiger charge is 2.30. The Labute approximate surface area is 96.4 Å². The Balaban J connectivity index is 2.61. The van der Waals surface area contributed by atoms with Gasteiger partial charge >= 0.3 is 6.09 Å². The topological polar surface area (TPSA) is 46.6 Å². The zero-order valence-electron chi connectivity index (χ0n) is 8.33. The van der Waals surface area contributed by atoms with E-state index in [4.69, 9.17) is 4.74 Å². The Bertz CT molecular complexity index is 304. The molecule has 14 heavy (non-hydrogen) atoms. The van der Waals surface area contributed by atoms with Gasteiger partial charge in [-0.2, -0.15) is 0 Å². The fourth-order valence-corrected chi connectivity index (χ4v) is 1.57. The maximum absolute atomic E-state index is 11.5. The van der Waals surface area contributed by atoms with Gasteiger partial charge < -0.3 is 4.74 Å².